The molecule has 2 nitrogen and oxygen atoms in total. The molecule has 2 atom stereocenters. The summed E-state index contributed by atoms with van der Waals surface area (Å²) in [5.74, 6) is 1.35. The third-order valence-corrected chi connectivity index (χ3v) is 8.09. The van der Waals surface area contributed by atoms with Gasteiger partial charge in [-0.15, -0.1) is 0 Å². The molecule has 0 radical (unpaired) electrons. The van der Waals surface area contributed by atoms with E-state index in [1.807, 2.05) is 24.3 Å². The van der Waals surface area contributed by atoms with Crippen molar-refractivity contribution >= 4 is 9.84 Å². The molecule has 19 heavy (non-hydrogen) atoms. The number of hydrogen-bond donors (Lipinski definition) is 0. The largest absolute Gasteiger partial charge is 0.223 e. The molecule has 2 saturated carbocycles. The lowest BCUT2D eigenvalue weighted by atomic mass is 9.46. The van der Waals surface area contributed by atoms with E-state index in [0.29, 0.717) is 22.6 Å². The monoisotopic (exact) mass is 274 g/mol. The Morgan fingerprint density at radius 2 is 1.74 bits per heavy atom. The zero-order chi connectivity index (χ0) is 13.1. The standard InChI is InChI=1S/C16H18O2S/c17-19(18,12-6-2-1-3-7-12)16-11-5-8-13-14(16)9-4-10-15(13)16/h1-3,5-7,11,13-15H,4,8-10H2. The Morgan fingerprint density at radius 1 is 1.05 bits per heavy atom. The van der Waals surface area contributed by atoms with Crippen molar-refractivity contribution < 1.29 is 8.42 Å². The van der Waals surface area contributed by atoms with Gasteiger partial charge in [-0.1, -0.05) is 36.8 Å². The lowest BCUT2D eigenvalue weighted by Gasteiger charge is -2.65. The van der Waals surface area contributed by atoms with Crippen molar-refractivity contribution in [3.05, 3.63) is 42.5 Å². The van der Waals surface area contributed by atoms with Gasteiger partial charge in [0.2, 0.25) is 0 Å². The SMILES string of the molecule is O=S(=O)(c1ccccc1)C12C=CCC3C1CCCC32. The molecule has 2 unspecified atom stereocenters. The number of benzene rings is 1. The summed E-state index contributed by atoms with van der Waals surface area (Å²) < 4.78 is 25.6. The zero-order valence-corrected chi connectivity index (χ0v) is 11.6. The summed E-state index contributed by atoms with van der Waals surface area (Å²) in [6.45, 7) is 0. The molecule has 0 aliphatic heterocycles. The first-order valence-corrected chi connectivity index (χ1v) is 8.63. The molecule has 4 rings (SSSR count). The summed E-state index contributed by atoms with van der Waals surface area (Å²) in [6, 6.07) is 9.01. The molecule has 0 spiro atoms. The van der Waals surface area contributed by atoms with E-state index in [4.69, 9.17) is 0 Å². The minimum atomic E-state index is -3.24. The molecule has 0 N–H and O–H groups in total. The van der Waals surface area contributed by atoms with Crippen molar-refractivity contribution in [2.45, 2.75) is 35.3 Å². The summed E-state index contributed by atoms with van der Waals surface area (Å²) in [5.41, 5.74) is 0. The molecule has 3 heteroatoms. The minimum absolute atomic E-state index is 0.362. The molecule has 3 aliphatic rings. The molecule has 1 aromatic rings. The number of sulfone groups is 1. The molecular formula is C16H18O2S. The minimum Gasteiger partial charge on any atom is -0.223 e. The molecule has 1 aromatic carbocycles. The highest BCUT2D eigenvalue weighted by Gasteiger charge is 2.69. The van der Waals surface area contributed by atoms with Crippen molar-refractivity contribution in [1.29, 1.82) is 0 Å². The van der Waals surface area contributed by atoms with Crippen LogP contribution >= 0.6 is 0 Å². The number of rotatable bonds is 2. The second-order valence-electron chi connectivity index (χ2n) is 6.12. The van der Waals surface area contributed by atoms with Gasteiger partial charge in [0.25, 0.3) is 0 Å². The first-order chi connectivity index (χ1) is 9.18. The number of allylic oxidation sites excluding steroid dienone is 1. The fourth-order valence-corrected chi connectivity index (χ4v) is 7.40. The van der Waals surface area contributed by atoms with E-state index in [1.54, 1.807) is 12.1 Å². The van der Waals surface area contributed by atoms with Crippen LogP contribution in [0.5, 0.6) is 0 Å². The van der Waals surface area contributed by atoms with Crippen LogP contribution in [0.4, 0.5) is 0 Å². The number of hydrogen-bond acceptors (Lipinski definition) is 2. The van der Waals surface area contributed by atoms with E-state index in [1.165, 1.54) is 6.42 Å². The molecule has 0 amide bonds. The normalized spacial score (nSPS) is 39.7. The molecular weight excluding hydrogens is 256 g/mol. The molecule has 100 valence electrons. The van der Waals surface area contributed by atoms with Gasteiger partial charge in [0.05, 0.1) is 4.90 Å². The highest BCUT2D eigenvalue weighted by molar-refractivity contribution is 7.93. The summed E-state index contributed by atoms with van der Waals surface area (Å²) >= 11 is 0. The van der Waals surface area contributed by atoms with E-state index in [2.05, 4.69) is 6.08 Å². The van der Waals surface area contributed by atoms with Gasteiger partial charge in [-0.25, -0.2) is 8.42 Å². The van der Waals surface area contributed by atoms with Gasteiger partial charge >= 0.3 is 0 Å². The lowest BCUT2D eigenvalue weighted by Crippen LogP contribution is -2.68. The van der Waals surface area contributed by atoms with Gasteiger partial charge in [0.15, 0.2) is 9.84 Å². The Bertz CT molecular complexity index is 618. The second kappa shape index (κ2) is 3.72. The number of fused-ring (bicyclic) bond motifs is 1. The van der Waals surface area contributed by atoms with Crippen molar-refractivity contribution in [3.63, 3.8) is 0 Å². The van der Waals surface area contributed by atoms with Gasteiger partial charge in [0, 0.05) is 0 Å². The van der Waals surface area contributed by atoms with Gasteiger partial charge in [-0.3, -0.25) is 0 Å². The maximum atomic E-state index is 13.1. The maximum absolute atomic E-state index is 13.1. The van der Waals surface area contributed by atoms with E-state index < -0.39 is 14.6 Å². The Kier molecular flexibility index (Phi) is 2.29. The van der Waals surface area contributed by atoms with Gasteiger partial charge in [-0.05, 0) is 49.1 Å². The Hall–Kier alpha value is -1.09. The highest BCUT2D eigenvalue weighted by Crippen LogP contribution is 2.66. The van der Waals surface area contributed by atoms with Gasteiger partial charge in [0.1, 0.15) is 4.75 Å². The van der Waals surface area contributed by atoms with E-state index in [0.717, 1.165) is 19.3 Å². The quantitative estimate of drug-likeness (QED) is 0.776. The van der Waals surface area contributed by atoms with Crippen LogP contribution in [0.15, 0.2) is 47.4 Å². The van der Waals surface area contributed by atoms with Crippen LogP contribution in [-0.2, 0) is 9.84 Å². The third-order valence-electron chi connectivity index (χ3n) is 5.53. The van der Waals surface area contributed by atoms with Crippen LogP contribution < -0.4 is 0 Å². The van der Waals surface area contributed by atoms with Crippen LogP contribution in [0.3, 0.4) is 0 Å². The van der Waals surface area contributed by atoms with E-state index in [-0.39, 0.29) is 0 Å². The first kappa shape index (κ1) is 11.7. The molecule has 4 bridgehead atoms. The van der Waals surface area contributed by atoms with Gasteiger partial charge in [-0.2, -0.15) is 0 Å². The summed E-state index contributed by atoms with van der Waals surface area (Å²) in [4.78, 5) is 0.497. The fourth-order valence-electron chi connectivity index (χ4n) is 4.82. The third kappa shape index (κ3) is 1.25. The Balaban J connectivity index is 1.88. The average Bonchev–Trinajstić information content (AvgIpc) is 2.50. The molecule has 3 aliphatic carbocycles. The van der Waals surface area contributed by atoms with Crippen molar-refractivity contribution in [2.24, 2.45) is 17.8 Å². The fraction of sp³-hybridized carbons (Fsp3) is 0.500. The smallest absolute Gasteiger partial charge is 0.188 e. The molecule has 0 heterocycles. The summed E-state index contributed by atoms with van der Waals surface area (Å²) in [6.07, 6.45) is 8.58. The van der Waals surface area contributed by atoms with Crippen molar-refractivity contribution in [1.82, 2.24) is 0 Å². The molecule has 2 fully saturated rings. The second-order valence-corrected chi connectivity index (χ2v) is 8.30. The predicted molar refractivity (Wildman–Crippen MR) is 74.4 cm³/mol. The van der Waals surface area contributed by atoms with Crippen LogP contribution in [-0.4, -0.2) is 13.2 Å². The zero-order valence-electron chi connectivity index (χ0n) is 10.8. The van der Waals surface area contributed by atoms with Gasteiger partial charge < -0.3 is 0 Å². The summed E-state index contributed by atoms with van der Waals surface area (Å²) in [7, 11) is -3.24. The van der Waals surface area contributed by atoms with E-state index >= 15 is 0 Å². The topological polar surface area (TPSA) is 34.1 Å². The highest BCUT2D eigenvalue weighted by atomic mass is 32.2. The van der Waals surface area contributed by atoms with Crippen LogP contribution in [0.1, 0.15) is 25.7 Å². The maximum Gasteiger partial charge on any atom is 0.188 e. The predicted octanol–water partition coefficient (Wildman–Crippen LogP) is 3.21. The van der Waals surface area contributed by atoms with Crippen LogP contribution in [0.25, 0.3) is 0 Å². The van der Waals surface area contributed by atoms with Crippen molar-refractivity contribution in [3.8, 4) is 0 Å². The molecule has 0 aromatic heterocycles. The Labute approximate surface area is 114 Å². The van der Waals surface area contributed by atoms with Crippen LogP contribution in [0.2, 0.25) is 0 Å². The first-order valence-electron chi connectivity index (χ1n) is 7.15. The van der Waals surface area contributed by atoms with Crippen molar-refractivity contribution in [2.75, 3.05) is 0 Å². The molecule has 0 saturated heterocycles. The van der Waals surface area contributed by atoms with E-state index in [9.17, 15) is 8.42 Å². The summed E-state index contributed by atoms with van der Waals surface area (Å²) in [5, 5.41) is 0. The lowest BCUT2D eigenvalue weighted by molar-refractivity contribution is -0.0279. The van der Waals surface area contributed by atoms with Crippen LogP contribution in [0, 0.1) is 17.8 Å². The Morgan fingerprint density at radius 3 is 2.42 bits per heavy atom. The average molecular weight is 274 g/mol.